The Kier molecular flexibility index (Phi) is 6.76. The molecule has 1 unspecified atom stereocenters. The van der Waals surface area contributed by atoms with Gasteiger partial charge in [0.05, 0.1) is 7.11 Å². The van der Waals surface area contributed by atoms with Gasteiger partial charge in [-0.15, -0.1) is 0 Å². The minimum Gasteiger partial charge on any atom is -0.497 e. The predicted molar refractivity (Wildman–Crippen MR) is 75.3 cm³/mol. The van der Waals surface area contributed by atoms with Crippen molar-refractivity contribution in [3.8, 4) is 17.6 Å². The van der Waals surface area contributed by atoms with Crippen LogP contribution in [0.5, 0.6) is 11.5 Å². The largest absolute Gasteiger partial charge is 0.497 e. The highest BCUT2D eigenvalue weighted by atomic mass is 16.5. The molecule has 0 saturated heterocycles. The van der Waals surface area contributed by atoms with Crippen LogP contribution in [0.4, 0.5) is 0 Å². The van der Waals surface area contributed by atoms with E-state index in [0.717, 1.165) is 30.0 Å². The molecule has 0 aliphatic heterocycles. The molecule has 4 heteroatoms. The maximum Gasteiger partial charge on any atom is 0.184 e. The Bertz CT molecular complexity index is 427. The van der Waals surface area contributed by atoms with Crippen LogP contribution in [-0.4, -0.2) is 19.8 Å². The highest BCUT2D eigenvalue weighted by Gasteiger charge is 2.11. The number of nitrogens with zero attached hydrogens (tertiary/aromatic N) is 1. The van der Waals surface area contributed by atoms with Gasteiger partial charge in [-0.2, -0.15) is 5.26 Å². The van der Waals surface area contributed by atoms with Crippen molar-refractivity contribution in [2.75, 3.05) is 13.7 Å². The Hall–Kier alpha value is -1.73. The molecule has 0 amide bonds. The molecule has 19 heavy (non-hydrogen) atoms. The molecule has 0 fully saturated rings. The van der Waals surface area contributed by atoms with E-state index in [0.29, 0.717) is 13.0 Å². The third-order valence-electron chi connectivity index (χ3n) is 2.79. The first-order valence-electron chi connectivity index (χ1n) is 6.69. The van der Waals surface area contributed by atoms with Crippen molar-refractivity contribution in [3.63, 3.8) is 0 Å². The molecule has 0 heterocycles. The topological polar surface area (TPSA) is 54.3 Å². The highest BCUT2D eigenvalue weighted by Crippen LogP contribution is 2.25. The van der Waals surface area contributed by atoms with E-state index < -0.39 is 6.10 Å². The molecule has 0 aliphatic carbocycles. The lowest BCUT2D eigenvalue weighted by Crippen LogP contribution is -2.17. The van der Waals surface area contributed by atoms with Crippen LogP contribution >= 0.6 is 0 Å². The van der Waals surface area contributed by atoms with Gasteiger partial charge in [0.2, 0.25) is 0 Å². The second-order valence-electron chi connectivity index (χ2n) is 4.29. The fraction of sp³-hybridized carbons (Fsp3) is 0.533. The van der Waals surface area contributed by atoms with Crippen molar-refractivity contribution in [1.29, 1.82) is 5.26 Å². The van der Waals surface area contributed by atoms with E-state index in [9.17, 15) is 0 Å². The summed E-state index contributed by atoms with van der Waals surface area (Å²) in [4.78, 5) is 0. The highest BCUT2D eigenvalue weighted by molar-refractivity contribution is 5.40. The van der Waals surface area contributed by atoms with Crippen molar-refractivity contribution < 1.29 is 9.47 Å². The van der Waals surface area contributed by atoms with Gasteiger partial charge < -0.3 is 14.8 Å². The summed E-state index contributed by atoms with van der Waals surface area (Å²) in [5.41, 5.74) is 1.02. The number of methoxy groups -OCH3 is 1. The third kappa shape index (κ3) is 4.80. The second-order valence-corrected chi connectivity index (χ2v) is 4.29. The van der Waals surface area contributed by atoms with Gasteiger partial charge >= 0.3 is 0 Å². The van der Waals surface area contributed by atoms with Crippen LogP contribution in [0, 0.1) is 11.3 Å². The third-order valence-corrected chi connectivity index (χ3v) is 2.79. The fourth-order valence-corrected chi connectivity index (χ4v) is 1.69. The first-order chi connectivity index (χ1) is 9.24. The Balaban J connectivity index is 2.85. The van der Waals surface area contributed by atoms with Crippen LogP contribution in [0.3, 0.4) is 0 Å². The SMILES string of the molecule is CCCNCc1cc(OC)ccc1OC(C#N)CC. The van der Waals surface area contributed by atoms with Crippen LogP contribution in [0.2, 0.25) is 0 Å². The minimum atomic E-state index is -0.404. The van der Waals surface area contributed by atoms with Crippen LogP contribution < -0.4 is 14.8 Å². The normalized spacial score (nSPS) is 11.7. The van der Waals surface area contributed by atoms with Gasteiger partial charge in [-0.25, -0.2) is 0 Å². The molecule has 1 aromatic rings. The van der Waals surface area contributed by atoms with Gasteiger partial charge in [0.15, 0.2) is 6.10 Å². The maximum atomic E-state index is 8.98. The van der Waals surface area contributed by atoms with Gasteiger partial charge in [0, 0.05) is 12.1 Å². The van der Waals surface area contributed by atoms with E-state index in [1.165, 1.54) is 0 Å². The number of nitriles is 1. The van der Waals surface area contributed by atoms with Gasteiger partial charge in [-0.3, -0.25) is 0 Å². The molecule has 104 valence electrons. The molecule has 0 aromatic heterocycles. The van der Waals surface area contributed by atoms with E-state index in [4.69, 9.17) is 14.7 Å². The van der Waals surface area contributed by atoms with Crippen molar-refractivity contribution in [2.24, 2.45) is 0 Å². The van der Waals surface area contributed by atoms with E-state index in [2.05, 4.69) is 18.3 Å². The number of ether oxygens (including phenoxy) is 2. The monoisotopic (exact) mass is 262 g/mol. The van der Waals surface area contributed by atoms with Crippen LogP contribution in [0.15, 0.2) is 18.2 Å². The molecule has 1 aromatic carbocycles. The molecule has 1 rings (SSSR count). The van der Waals surface area contributed by atoms with E-state index in [-0.39, 0.29) is 0 Å². The van der Waals surface area contributed by atoms with Crippen molar-refractivity contribution in [3.05, 3.63) is 23.8 Å². The average Bonchev–Trinajstić information content (AvgIpc) is 2.46. The molecule has 1 atom stereocenters. The summed E-state index contributed by atoms with van der Waals surface area (Å²) in [6.45, 7) is 5.72. The predicted octanol–water partition coefficient (Wildman–Crippen LogP) is 2.88. The van der Waals surface area contributed by atoms with Gasteiger partial charge in [0.1, 0.15) is 17.6 Å². The summed E-state index contributed by atoms with van der Waals surface area (Å²) in [7, 11) is 1.64. The molecular formula is C15H22N2O2. The Labute approximate surface area is 115 Å². The quantitative estimate of drug-likeness (QED) is 0.732. The standard InChI is InChI=1S/C15H22N2O2/c1-4-8-17-11-12-9-14(18-3)6-7-15(12)19-13(5-2)10-16/h6-7,9,13,17H,4-5,8,11H2,1-3H3. The van der Waals surface area contributed by atoms with Crippen molar-refractivity contribution in [2.45, 2.75) is 39.3 Å². The first-order valence-corrected chi connectivity index (χ1v) is 6.69. The zero-order chi connectivity index (χ0) is 14.1. The Morgan fingerprint density at radius 2 is 2.16 bits per heavy atom. The summed E-state index contributed by atoms with van der Waals surface area (Å²) in [5.74, 6) is 1.54. The van der Waals surface area contributed by atoms with Crippen molar-refractivity contribution in [1.82, 2.24) is 5.32 Å². The molecule has 0 saturated carbocycles. The number of hydrogen-bond acceptors (Lipinski definition) is 4. The molecular weight excluding hydrogens is 240 g/mol. The van der Waals surface area contributed by atoms with E-state index in [1.807, 2.05) is 25.1 Å². The van der Waals surface area contributed by atoms with Crippen LogP contribution in [-0.2, 0) is 6.54 Å². The van der Waals surface area contributed by atoms with Gasteiger partial charge in [-0.1, -0.05) is 13.8 Å². The summed E-state index contributed by atoms with van der Waals surface area (Å²) < 4.78 is 10.9. The summed E-state index contributed by atoms with van der Waals surface area (Å²) in [6, 6.07) is 7.81. The number of benzene rings is 1. The minimum absolute atomic E-state index is 0.404. The molecule has 1 N–H and O–H groups in total. The number of hydrogen-bond donors (Lipinski definition) is 1. The molecule has 0 spiro atoms. The molecule has 0 radical (unpaired) electrons. The number of nitrogens with one attached hydrogen (secondary N) is 1. The van der Waals surface area contributed by atoms with Crippen LogP contribution in [0.1, 0.15) is 32.3 Å². The summed E-state index contributed by atoms with van der Waals surface area (Å²) in [5, 5.41) is 12.3. The zero-order valence-electron chi connectivity index (χ0n) is 11.9. The first kappa shape index (κ1) is 15.3. The Morgan fingerprint density at radius 3 is 2.74 bits per heavy atom. The maximum absolute atomic E-state index is 8.98. The summed E-state index contributed by atoms with van der Waals surface area (Å²) >= 11 is 0. The fourth-order valence-electron chi connectivity index (χ4n) is 1.69. The molecule has 0 bridgehead atoms. The summed E-state index contributed by atoms with van der Waals surface area (Å²) in [6.07, 6.45) is 1.35. The Morgan fingerprint density at radius 1 is 1.37 bits per heavy atom. The second kappa shape index (κ2) is 8.39. The average molecular weight is 262 g/mol. The number of rotatable bonds is 8. The lowest BCUT2D eigenvalue weighted by atomic mass is 10.1. The molecule has 4 nitrogen and oxygen atoms in total. The van der Waals surface area contributed by atoms with E-state index >= 15 is 0 Å². The smallest absolute Gasteiger partial charge is 0.184 e. The van der Waals surface area contributed by atoms with Gasteiger partial charge in [-0.05, 0) is 37.6 Å². The lowest BCUT2D eigenvalue weighted by molar-refractivity contribution is 0.248. The zero-order valence-corrected chi connectivity index (χ0v) is 11.9. The molecule has 0 aliphatic rings. The van der Waals surface area contributed by atoms with E-state index in [1.54, 1.807) is 7.11 Å². The lowest BCUT2D eigenvalue weighted by Gasteiger charge is -2.16. The van der Waals surface area contributed by atoms with Crippen LogP contribution in [0.25, 0.3) is 0 Å². The van der Waals surface area contributed by atoms with Gasteiger partial charge in [0.25, 0.3) is 0 Å². The van der Waals surface area contributed by atoms with Crippen molar-refractivity contribution >= 4 is 0 Å².